The summed E-state index contributed by atoms with van der Waals surface area (Å²) in [5, 5.41) is 28.5. The summed E-state index contributed by atoms with van der Waals surface area (Å²) in [5.74, 6) is -0.520. The maximum atomic E-state index is 12.7. The molecule has 0 bridgehead atoms. The fraction of sp³-hybridized carbons (Fsp3) is 0.435. The monoisotopic (exact) mass is 562 g/mol. The molecule has 0 radical (unpaired) electrons. The number of hydrogen-bond donors (Lipinski definition) is 5. The van der Waals surface area contributed by atoms with Gasteiger partial charge >= 0.3 is 6.03 Å². The molecular weight excluding hydrogens is 532 g/mol. The van der Waals surface area contributed by atoms with E-state index in [0.29, 0.717) is 25.3 Å². The predicted molar refractivity (Wildman–Crippen MR) is 139 cm³/mol. The number of likely N-dealkylation sites (N-methyl/N-ethyl adjacent to an activating group) is 1. The van der Waals surface area contributed by atoms with E-state index in [4.69, 9.17) is 4.74 Å². The molecule has 0 aliphatic carbocycles. The van der Waals surface area contributed by atoms with Gasteiger partial charge in [-0.1, -0.05) is 13.8 Å². The third kappa shape index (κ3) is 5.55. The van der Waals surface area contributed by atoms with Crippen LogP contribution in [0.25, 0.3) is 11.2 Å². The number of aliphatic hydroxyl groups is 2. The quantitative estimate of drug-likeness (QED) is 0.241. The summed E-state index contributed by atoms with van der Waals surface area (Å²) in [4.78, 5) is 37.4. The van der Waals surface area contributed by atoms with E-state index in [1.807, 2.05) is 0 Å². The van der Waals surface area contributed by atoms with E-state index in [9.17, 15) is 28.2 Å². The number of carbonyl (C=O) groups excluding carboxylic acids is 2. The van der Waals surface area contributed by atoms with Crippen LogP contribution in [0.15, 0.2) is 41.8 Å². The van der Waals surface area contributed by atoms with Crippen LogP contribution < -0.4 is 16.0 Å². The molecule has 39 heavy (non-hydrogen) atoms. The van der Waals surface area contributed by atoms with Crippen LogP contribution in [0.5, 0.6) is 0 Å². The van der Waals surface area contributed by atoms with Crippen molar-refractivity contribution in [1.82, 2.24) is 29.1 Å². The van der Waals surface area contributed by atoms with Crippen molar-refractivity contribution in [3.8, 4) is 0 Å². The molecule has 1 unspecified atom stereocenters. The van der Waals surface area contributed by atoms with Crippen molar-refractivity contribution < 1.29 is 33.0 Å². The number of aromatic nitrogens is 4. The molecule has 1 saturated heterocycles. The highest BCUT2D eigenvalue weighted by molar-refractivity contribution is 7.89. The summed E-state index contributed by atoms with van der Waals surface area (Å²) in [6, 6.07) is 5.07. The summed E-state index contributed by atoms with van der Waals surface area (Å²) < 4.78 is 33.6. The summed E-state index contributed by atoms with van der Waals surface area (Å²) in [6.07, 6.45) is -2.92. The zero-order valence-corrected chi connectivity index (χ0v) is 22.3. The van der Waals surface area contributed by atoms with Gasteiger partial charge in [0, 0.05) is 25.3 Å². The lowest BCUT2D eigenvalue weighted by Gasteiger charge is -2.18. The fourth-order valence-corrected chi connectivity index (χ4v) is 5.66. The Morgan fingerprint density at radius 3 is 2.36 bits per heavy atom. The zero-order valence-electron chi connectivity index (χ0n) is 21.5. The summed E-state index contributed by atoms with van der Waals surface area (Å²) in [6.45, 7) is 6.22. The minimum Gasteiger partial charge on any atom is -0.387 e. The smallest absolute Gasteiger partial charge is 0.324 e. The first-order valence-corrected chi connectivity index (χ1v) is 13.7. The lowest BCUT2D eigenvalue weighted by atomic mass is 10.1. The molecule has 0 saturated carbocycles. The molecule has 0 spiro atoms. The van der Waals surface area contributed by atoms with E-state index >= 15 is 0 Å². The van der Waals surface area contributed by atoms with Crippen molar-refractivity contribution in [2.24, 2.45) is 0 Å². The second kappa shape index (κ2) is 11.6. The van der Waals surface area contributed by atoms with Gasteiger partial charge in [0.25, 0.3) is 5.91 Å². The molecular formula is C23H30N8O7S. The molecule has 3 aromatic rings. The molecule has 16 heteroatoms. The van der Waals surface area contributed by atoms with Crippen LogP contribution >= 0.6 is 0 Å². The number of benzene rings is 1. The number of hydrogen-bond acceptors (Lipinski definition) is 10. The lowest BCUT2D eigenvalue weighted by molar-refractivity contribution is -0.137. The summed E-state index contributed by atoms with van der Waals surface area (Å²) >= 11 is 0. The number of anilines is 2. The molecule has 1 aliphatic heterocycles. The van der Waals surface area contributed by atoms with Crippen LogP contribution in [0.2, 0.25) is 0 Å². The van der Waals surface area contributed by atoms with Gasteiger partial charge in [0.1, 0.15) is 18.5 Å². The fourth-order valence-electron chi connectivity index (χ4n) is 4.20. The van der Waals surface area contributed by atoms with E-state index in [0.717, 1.165) is 0 Å². The van der Waals surface area contributed by atoms with Crippen molar-refractivity contribution in [2.75, 3.05) is 30.3 Å². The molecule has 1 fully saturated rings. The molecule has 1 aromatic carbocycles. The minimum absolute atomic E-state index is 0.0466. The highest BCUT2D eigenvalue weighted by Crippen LogP contribution is 2.32. The number of fused-ring (bicyclic) bond motifs is 1. The first kappa shape index (κ1) is 28.3. The third-order valence-electron chi connectivity index (χ3n) is 6.17. The highest BCUT2D eigenvalue weighted by Gasteiger charge is 2.47. The van der Waals surface area contributed by atoms with Crippen molar-refractivity contribution in [1.29, 1.82) is 0 Å². The number of urea groups is 1. The number of aliphatic hydroxyl groups excluding tert-OH is 2. The molecule has 4 atom stereocenters. The van der Waals surface area contributed by atoms with Crippen LogP contribution in [-0.2, 0) is 19.6 Å². The number of carbonyl (C=O) groups is 2. The second-order valence-electron chi connectivity index (χ2n) is 8.56. The van der Waals surface area contributed by atoms with Gasteiger partial charge < -0.3 is 25.6 Å². The Morgan fingerprint density at radius 2 is 1.72 bits per heavy atom. The molecule has 3 heterocycles. The molecule has 210 valence electrons. The Labute approximate surface area is 224 Å². The maximum absolute atomic E-state index is 12.7. The van der Waals surface area contributed by atoms with Gasteiger partial charge in [-0.15, -0.1) is 0 Å². The lowest BCUT2D eigenvalue weighted by Crippen LogP contribution is -2.42. The van der Waals surface area contributed by atoms with Crippen molar-refractivity contribution in [3.63, 3.8) is 0 Å². The molecule has 3 amide bonds. The first-order chi connectivity index (χ1) is 18.6. The Hall–Kier alpha value is -3.70. The highest BCUT2D eigenvalue weighted by atomic mass is 32.2. The number of rotatable bonds is 9. The normalized spacial score (nSPS) is 21.3. The number of nitrogens with one attached hydrogen (secondary N) is 3. The van der Waals surface area contributed by atoms with Gasteiger partial charge in [-0.2, -0.15) is 4.31 Å². The van der Waals surface area contributed by atoms with Crippen molar-refractivity contribution in [2.45, 2.75) is 50.2 Å². The molecule has 1 aliphatic rings. The second-order valence-corrected chi connectivity index (χ2v) is 10.5. The zero-order chi connectivity index (χ0) is 28.3. The van der Waals surface area contributed by atoms with E-state index in [-0.39, 0.29) is 21.9 Å². The van der Waals surface area contributed by atoms with Crippen LogP contribution in [0.3, 0.4) is 0 Å². The number of imidazole rings is 1. The average Bonchev–Trinajstić information content (AvgIpc) is 3.46. The number of nitrogens with zero attached hydrogens (tertiary/aromatic N) is 5. The van der Waals surface area contributed by atoms with Crippen LogP contribution in [-0.4, -0.2) is 92.3 Å². The van der Waals surface area contributed by atoms with E-state index < -0.39 is 46.5 Å². The maximum Gasteiger partial charge on any atom is 0.324 e. The Kier molecular flexibility index (Phi) is 8.41. The number of sulfonamides is 1. The standard InChI is InChI=1S/C23H30N8O7S/c1-4-24-21(34)18-16(32)17(33)22(38-18)31-12-27-15-19(25-11-26-20(15)31)29-23(35)28-13-7-9-14(10-8-13)39(36,37)30(5-2)6-3/h7-12,16-18,22,32-33H,4-6H2,1-3H3,(H,24,34)(H2,25,26,28,29,35)/t16?,17-,18-,22+/m0/s1. The largest absolute Gasteiger partial charge is 0.387 e. The van der Waals surface area contributed by atoms with Crippen LogP contribution in [0.1, 0.15) is 27.0 Å². The minimum atomic E-state index is -3.63. The Bertz CT molecular complexity index is 1440. The topological polar surface area (TPSA) is 201 Å². The Morgan fingerprint density at radius 1 is 1.03 bits per heavy atom. The van der Waals surface area contributed by atoms with Crippen molar-refractivity contribution >= 4 is 44.6 Å². The van der Waals surface area contributed by atoms with Crippen LogP contribution in [0, 0.1) is 0 Å². The van der Waals surface area contributed by atoms with Gasteiger partial charge in [-0.25, -0.2) is 28.2 Å². The van der Waals surface area contributed by atoms with Gasteiger partial charge in [-0.3, -0.25) is 14.7 Å². The molecule has 4 rings (SSSR count). The van der Waals surface area contributed by atoms with Gasteiger partial charge in [-0.05, 0) is 31.2 Å². The first-order valence-electron chi connectivity index (χ1n) is 12.3. The van der Waals surface area contributed by atoms with Crippen LogP contribution in [0.4, 0.5) is 16.3 Å². The van der Waals surface area contributed by atoms with Gasteiger partial charge in [0.05, 0.1) is 11.2 Å². The predicted octanol–water partition coefficient (Wildman–Crippen LogP) is 0.256. The van der Waals surface area contributed by atoms with E-state index in [2.05, 4.69) is 30.9 Å². The Balaban J connectivity index is 1.49. The van der Waals surface area contributed by atoms with Crippen molar-refractivity contribution in [3.05, 3.63) is 36.9 Å². The molecule has 15 nitrogen and oxygen atoms in total. The summed E-state index contributed by atoms with van der Waals surface area (Å²) in [7, 11) is -3.63. The SMILES string of the molecule is CCNC(=O)[C@H]1O[C@@H](n2cnc3c(NC(=O)Nc4ccc(S(=O)(=O)N(CC)CC)cc4)ncnc32)[C@@H](O)C1O. The molecule has 5 N–H and O–H groups in total. The summed E-state index contributed by atoms with van der Waals surface area (Å²) in [5.41, 5.74) is 0.689. The average molecular weight is 563 g/mol. The van der Waals surface area contributed by atoms with E-state index in [1.54, 1.807) is 20.8 Å². The van der Waals surface area contributed by atoms with E-state index in [1.165, 1.54) is 45.8 Å². The number of ether oxygens (including phenoxy) is 1. The van der Waals surface area contributed by atoms with Gasteiger partial charge in [0.15, 0.2) is 29.3 Å². The third-order valence-corrected chi connectivity index (χ3v) is 8.23. The number of amides is 3. The molecule has 2 aromatic heterocycles. The van der Waals surface area contributed by atoms with Gasteiger partial charge in [0.2, 0.25) is 10.0 Å².